The summed E-state index contributed by atoms with van der Waals surface area (Å²) < 4.78 is 0. The number of para-hydroxylation sites is 1. The standard InChI is InChI=1S/C35H41N3O2S/c1-24-10-11-27(4)30(19-24)23-38-31-8-5-6-9-32(31)41-33(35(38)40)20-28-12-14-29(15-13-28)34(39)36-16-7-17-37-21-25(2)18-26(3)22-37/h5-6,8-15,19-20,25-26H,7,16-18,21-23H2,1-4H3,(H,36,39). The third-order valence-corrected chi connectivity index (χ3v) is 9.09. The van der Waals surface area contributed by atoms with Crippen molar-refractivity contribution in [3.63, 3.8) is 0 Å². The van der Waals surface area contributed by atoms with Crippen LogP contribution >= 0.6 is 11.8 Å². The van der Waals surface area contributed by atoms with Crippen LogP contribution in [-0.2, 0) is 11.3 Å². The average molecular weight is 568 g/mol. The molecule has 2 heterocycles. The Hall–Kier alpha value is -3.35. The Morgan fingerprint density at radius 1 is 1.00 bits per heavy atom. The molecule has 0 aliphatic carbocycles. The summed E-state index contributed by atoms with van der Waals surface area (Å²) in [5.74, 6) is 1.44. The van der Waals surface area contributed by atoms with Gasteiger partial charge in [-0.25, -0.2) is 0 Å². The fourth-order valence-electron chi connectivity index (χ4n) is 6.02. The third kappa shape index (κ3) is 7.30. The zero-order chi connectivity index (χ0) is 28.9. The summed E-state index contributed by atoms with van der Waals surface area (Å²) in [5.41, 5.74) is 5.98. The number of amides is 2. The number of anilines is 1. The van der Waals surface area contributed by atoms with Crippen LogP contribution in [0, 0.1) is 25.7 Å². The quantitative estimate of drug-likeness (QED) is 0.233. The van der Waals surface area contributed by atoms with Gasteiger partial charge in [0.15, 0.2) is 0 Å². The Balaban J connectivity index is 1.23. The van der Waals surface area contributed by atoms with Crippen LogP contribution in [-0.4, -0.2) is 42.9 Å². The molecule has 1 fully saturated rings. The highest BCUT2D eigenvalue weighted by Gasteiger charge is 2.29. The van der Waals surface area contributed by atoms with Crippen molar-refractivity contribution in [2.75, 3.05) is 31.1 Å². The molecule has 3 aromatic rings. The number of thioether (sulfide) groups is 1. The molecule has 3 aromatic carbocycles. The van der Waals surface area contributed by atoms with Gasteiger partial charge in [-0.3, -0.25) is 9.59 Å². The van der Waals surface area contributed by atoms with E-state index in [1.807, 2.05) is 53.4 Å². The zero-order valence-electron chi connectivity index (χ0n) is 24.7. The van der Waals surface area contributed by atoms with E-state index >= 15 is 0 Å². The molecule has 1 saturated heterocycles. The molecule has 0 radical (unpaired) electrons. The fourth-order valence-corrected chi connectivity index (χ4v) is 7.08. The van der Waals surface area contributed by atoms with E-state index in [-0.39, 0.29) is 11.8 Å². The van der Waals surface area contributed by atoms with Gasteiger partial charge in [0.1, 0.15) is 0 Å². The summed E-state index contributed by atoms with van der Waals surface area (Å²) in [7, 11) is 0. The summed E-state index contributed by atoms with van der Waals surface area (Å²) in [6.07, 6.45) is 4.20. The molecule has 41 heavy (non-hydrogen) atoms. The molecule has 2 amide bonds. The summed E-state index contributed by atoms with van der Waals surface area (Å²) in [6.45, 7) is 13.4. The van der Waals surface area contributed by atoms with Crippen LogP contribution in [0.1, 0.15) is 59.3 Å². The number of carbonyl (C=O) groups is 2. The van der Waals surface area contributed by atoms with Crippen molar-refractivity contribution in [1.82, 2.24) is 10.2 Å². The molecule has 1 N–H and O–H groups in total. The molecule has 5 nitrogen and oxygen atoms in total. The largest absolute Gasteiger partial charge is 0.352 e. The third-order valence-electron chi connectivity index (χ3n) is 8.02. The lowest BCUT2D eigenvalue weighted by Gasteiger charge is -2.34. The lowest BCUT2D eigenvalue weighted by molar-refractivity contribution is -0.114. The first kappa shape index (κ1) is 29.2. The molecule has 5 rings (SSSR count). The van der Waals surface area contributed by atoms with Gasteiger partial charge in [0.2, 0.25) is 0 Å². The summed E-state index contributed by atoms with van der Waals surface area (Å²) in [5, 5.41) is 3.07. The van der Waals surface area contributed by atoms with Gasteiger partial charge in [0, 0.05) is 30.1 Å². The predicted octanol–water partition coefficient (Wildman–Crippen LogP) is 7.08. The van der Waals surface area contributed by atoms with Gasteiger partial charge in [0.25, 0.3) is 11.8 Å². The highest BCUT2D eigenvalue weighted by atomic mass is 32.2. The molecule has 2 atom stereocenters. The van der Waals surface area contributed by atoms with Crippen molar-refractivity contribution >= 4 is 35.3 Å². The number of piperidine rings is 1. The maximum absolute atomic E-state index is 13.7. The van der Waals surface area contributed by atoms with Gasteiger partial charge in [0.05, 0.1) is 17.1 Å². The number of nitrogens with zero attached hydrogens (tertiary/aromatic N) is 2. The monoisotopic (exact) mass is 567 g/mol. The maximum Gasteiger partial charge on any atom is 0.265 e. The lowest BCUT2D eigenvalue weighted by atomic mass is 9.92. The Kier molecular flexibility index (Phi) is 9.31. The van der Waals surface area contributed by atoms with E-state index in [1.165, 1.54) is 29.3 Å². The number of carbonyl (C=O) groups excluding carboxylic acids is 2. The molecular formula is C35H41N3O2S. The van der Waals surface area contributed by atoms with E-state index in [2.05, 4.69) is 62.2 Å². The van der Waals surface area contributed by atoms with Crippen molar-refractivity contribution < 1.29 is 9.59 Å². The second-order valence-corrected chi connectivity index (χ2v) is 12.9. The van der Waals surface area contributed by atoms with Gasteiger partial charge >= 0.3 is 0 Å². The first-order valence-electron chi connectivity index (χ1n) is 14.7. The number of hydrogen-bond donors (Lipinski definition) is 1. The summed E-state index contributed by atoms with van der Waals surface area (Å²) in [6, 6.07) is 22.0. The Bertz CT molecular complexity index is 1420. The Morgan fingerprint density at radius 3 is 2.49 bits per heavy atom. The Morgan fingerprint density at radius 2 is 1.73 bits per heavy atom. The first-order chi connectivity index (χ1) is 19.8. The van der Waals surface area contributed by atoms with E-state index in [1.54, 1.807) is 0 Å². The van der Waals surface area contributed by atoms with E-state index in [4.69, 9.17) is 0 Å². The predicted molar refractivity (Wildman–Crippen MR) is 170 cm³/mol. The highest BCUT2D eigenvalue weighted by Crippen LogP contribution is 2.42. The molecular weight excluding hydrogens is 526 g/mol. The van der Waals surface area contributed by atoms with Crippen LogP contribution in [0.15, 0.2) is 76.5 Å². The van der Waals surface area contributed by atoms with Gasteiger partial charge in [-0.15, -0.1) is 0 Å². The zero-order valence-corrected chi connectivity index (χ0v) is 25.5. The highest BCUT2D eigenvalue weighted by molar-refractivity contribution is 8.04. The summed E-state index contributed by atoms with van der Waals surface area (Å²) >= 11 is 1.50. The van der Waals surface area contributed by atoms with Crippen LogP contribution in [0.3, 0.4) is 0 Å². The molecule has 6 heteroatoms. The van der Waals surface area contributed by atoms with Crippen molar-refractivity contribution in [3.8, 4) is 0 Å². The normalized spacial score (nSPS) is 20.2. The minimum Gasteiger partial charge on any atom is -0.352 e. The van der Waals surface area contributed by atoms with Gasteiger partial charge < -0.3 is 15.1 Å². The van der Waals surface area contributed by atoms with E-state index < -0.39 is 0 Å². The molecule has 0 spiro atoms. The molecule has 2 aliphatic heterocycles. The van der Waals surface area contributed by atoms with E-state index in [0.717, 1.165) is 59.6 Å². The lowest BCUT2D eigenvalue weighted by Crippen LogP contribution is -2.40. The molecule has 2 unspecified atom stereocenters. The first-order valence-corrected chi connectivity index (χ1v) is 15.6. The molecule has 0 bridgehead atoms. The van der Waals surface area contributed by atoms with Crippen LogP contribution in [0.5, 0.6) is 0 Å². The number of benzene rings is 3. The fraction of sp³-hybridized carbons (Fsp3) is 0.371. The minimum atomic E-state index is -0.0543. The van der Waals surface area contributed by atoms with Gasteiger partial charge in [-0.1, -0.05) is 73.6 Å². The number of hydrogen-bond acceptors (Lipinski definition) is 4. The average Bonchev–Trinajstić information content (AvgIpc) is 2.95. The van der Waals surface area contributed by atoms with Crippen molar-refractivity contribution in [1.29, 1.82) is 0 Å². The van der Waals surface area contributed by atoms with Crippen molar-refractivity contribution in [2.45, 2.75) is 52.0 Å². The number of rotatable bonds is 8. The molecule has 214 valence electrons. The molecule has 0 saturated carbocycles. The Labute approximate surface area is 249 Å². The number of likely N-dealkylation sites (tertiary alicyclic amines) is 1. The number of fused-ring (bicyclic) bond motifs is 1. The van der Waals surface area contributed by atoms with Crippen molar-refractivity contribution in [2.24, 2.45) is 11.8 Å². The van der Waals surface area contributed by atoms with Crippen LogP contribution in [0.25, 0.3) is 6.08 Å². The smallest absolute Gasteiger partial charge is 0.265 e. The van der Waals surface area contributed by atoms with Crippen molar-refractivity contribution in [3.05, 3.63) is 99.5 Å². The summed E-state index contributed by atoms with van der Waals surface area (Å²) in [4.78, 5) is 32.6. The molecule has 2 aliphatic rings. The second-order valence-electron chi connectivity index (χ2n) is 11.8. The van der Waals surface area contributed by atoms with Gasteiger partial charge in [-0.05, 0) is 92.1 Å². The molecule has 0 aromatic heterocycles. The van der Waals surface area contributed by atoms with Gasteiger partial charge in [-0.2, -0.15) is 0 Å². The topological polar surface area (TPSA) is 52.7 Å². The van der Waals surface area contributed by atoms with E-state index in [9.17, 15) is 9.59 Å². The van der Waals surface area contributed by atoms with Crippen LogP contribution < -0.4 is 10.2 Å². The number of aryl methyl sites for hydroxylation is 2. The SMILES string of the molecule is Cc1ccc(C)c(CN2C(=O)C(=Cc3ccc(C(=O)NCCCN4CC(C)CC(C)C4)cc3)Sc3ccccc32)c1. The second kappa shape index (κ2) is 13.1. The van der Waals surface area contributed by atoms with Crippen LogP contribution in [0.2, 0.25) is 0 Å². The van der Waals surface area contributed by atoms with E-state index in [0.29, 0.717) is 23.6 Å². The number of nitrogens with one attached hydrogen (secondary N) is 1. The minimum absolute atomic E-state index is 0.00563. The van der Waals surface area contributed by atoms with Crippen LogP contribution in [0.4, 0.5) is 5.69 Å². The maximum atomic E-state index is 13.7.